The van der Waals surface area contributed by atoms with Gasteiger partial charge in [-0.05, 0) is 37.6 Å². The minimum atomic E-state index is -0.621. The van der Waals surface area contributed by atoms with E-state index in [0.29, 0.717) is 16.5 Å². The summed E-state index contributed by atoms with van der Waals surface area (Å²) in [6, 6.07) is 8.83. The van der Waals surface area contributed by atoms with Crippen molar-refractivity contribution in [2.45, 2.75) is 19.9 Å². The van der Waals surface area contributed by atoms with Crippen molar-refractivity contribution in [3.8, 4) is 5.75 Å². The molecule has 0 aliphatic carbocycles. The fourth-order valence-corrected chi connectivity index (χ4v) is 2.47. The number of nitrogens with one attached hydrogen (secondary N) is 2. The molecule has 8 heteroatoms. The number of nitro benzene ring substituents is 1. The Hall–Kier alpha value is -2.80. The number of hydrogen-bond acceptors (Lipinski definition) is 5. The zero-order valence-electron chi connectivity index (χ0n) is 14.0. The number of ether oxygens (including phenoxy) is 1. The molecule has 0 fully saturated rings. The standard InChI is InChI=1S/C17H18ClN3O4/c1-10-4-6-14(13(18)8-10)19-11(2)17(22)20-15-9-12(21(23)24)5-7-16(15)25-3/h4-9,11,19H,1-3H3,(H,20,22). The van der Waals surface area contributed by atoms with E-state index in [1.165, 1.54) is 25.3 Å². The molecular weight excluding hydrogens is 346 g/mol. The molecule has 25 heavy (non-hydrogen) atoms. The van der Waals surface area contributed by atoms with Crippen LogP contribution in [0.3, 0.4) is 0 Å². The van der Waals surface area contributed by atoms with Crippen LogP contribution in [0, 0.1) is 17.0 Å². The Morgan fingerprint density at radius 2 is 1.96 bits per heavy atom. The van der Waals surface area contributed by atoms with Crippen LogP contribution >= 0.6 is 11.6 Å². The highest BCUT2D eigenvalue weighted by Crippen LogP contribution is 2.29. The number of anilines is 2. The summed E-state index contributed by atoms with van der Waals surface area (Å²) in [6.07, 6.45) is 0. The second-order valence-electron chi connectivity index (χ2n) is 5.48. The summed E-state index contributed by atoms with van der Waals surface area (Å²) in [6.45, 7) is 3.58. The predicted molar refractivity (Wildman–Crippen MR) is 97.6 cm³/mol. The number of rotatable bonds is 6. The smallest absolute Gasteiger partial charge is 0.271 e. The van der Waals surface area contributed by atoms with Gasteiger partial charge in [0.15, 0.2) is 0 Å². The third kappa shape index (κ3) is 4.60. The number of amides is 1. The van der Waals surface area contributed by atoms with Crippen molar-refractivity contribution in [1.29, 1.82) is 0 Å². The maximum absolute atomic E-state index is 12.4. The fourth-order valence-electron chi connectivity index (χ4n) is 2.18. The number of non-ortho nitro benzene ring substituents is 1. The van der Waals surface area contributed by atoms with Crippen LogP contribution in [0.4, 0.5) is 17.1 Å². The predicted octanol–water partition coefficient (Wildman–Crippen LogP) is 4.00. The number of nitro groups is 1. The van der Waals surface area contributed by atoms with Gasteiger partial charge in [0.25, 0.3) is 5.69 Å². The van der Waals surface area contributed by atoms with Crippen LogP contribution in [0.2, 0.25) is 5.02 Å². The van der Waals surface area contributed by atoms with E-state index < -0.39 is 11.0 Å². The van der Waals surface area contributed by atoms with Gasteiger partial charge in [0.05, 0.1) is 28.4 Å². The van der Waals surface area contributed by atoms with Crippen molar-refractivity contribution in [3.63, 3.8) is 0 Å². The van der Waals surface area contributed by atoms with Gasteiger partial charge in [-0.3, -0.25) is 14.9 Å². The summed E-state index contributed by atoms with van der Waals surface area (Å²) in [7, 11) is 1.42. The summed E-state index contributed by atoms with van der Waals surface area (Å²) in [5.74, 6) is -0.0463. The Morgan fingerprint density at radius 3 is 2.56 bits per heavy atom. The molecule has 1 unspecified atom stereocenters. The Balaban J connectivity index is 2.15. The number of benzene rings is 2. The van der Waals surface area contributed by atoms with Gasteiger partial charge in [0, 0.05) is 12.1 Å². The number of hydrogen-bond donors (Lipinski definition) is 2. The van der Waals surface area contributed by atoms with Gasteiger partial charge in [0.2, 0.25) is 5.91 Å². The van der Waals surface area contributed by atoms with Gasteiger partial charge in [0.1, 0.15) is 11.8 Å². The number of aryl methyl sites for hydroxylation is 1. The second kappa shape index (κ2) is 7.85. The van der Waals surface area contributed by atoms with Gasteiger partial charge in [-0.1, -0.05) is 17.7 Å². The van der Waals surface area contributed by atoms with Crippen molar-refractivity contribution in [2.24, 2.45) is 0 Å². The van der Waals surface area contributed by atoms with E-state index >= 15 is 0 Å². The minimum absolute atomic E-state index is 0.140. The number of halogens is 1. The van der Waals surface area contributed by atoms with Crippen molar-refractivity contribution in [2.75, 3.05) is 17.7 Å². The lowest BCUT2D eigenvalue weighted by atomic mass is 10.2. The highest BCUT2D eigenvalue weighted by Gasteiger charge is 2.18. The first-order valence-corrected chi connectivity index (χ1v) is 7.85. The van der Waals surface area contributed by atoms with Crippen LogP contribution in [0.25, 0.3) is 0 Å². The van der Waals surface area contributed by atoms with Crippen molar-refractivity contribution in [1.82, 2.24) is 0 Å². The number of carbonyl (C=O) groups excluding carboxylic acids is 1. The summed E-state index contributed by atoms with van der Waals surface area (Å²) in [5, 5.41) is 17.1. The Bertz CT molecular complexity index is 810. The molecule has 0 spiro atoms. The normalized spacial score (nSPS) is 11.5. The number of methoxy groups -OCH3 is 1. The molecule has 2 rings (SSSR count). The van der Waals surface area contributed by atoms with Crippen molar-refractivity contribution < 1.29 is 14.5 Å². The molecule has 7 nitrogen and oxygen atoms in total. The molecule has 0 aliphatic rings. The van der Waals surface area contributed by atoms with E-state index in [9.17, 15) is 14.9 Å². The highest BCUT2D eigenvalue weighted by molar-refractivity contribution is 6.33. The van der Waals surface area contributed by atoms with Gasteiger partial charge in [-0.15, -0.1) is 0 Å². The summed E-state index contributed by atoms with van der Waals surface area (Å²) in [4.78, 5) is 22.8. The average molecular weight is 364 g/mol. The van der Waals surface area contributed by atoms with E-state index in [4.69, 9.17) is 16.3 Å². The fraction of sp³-hybridized carbons (Fsp3) is 0.235. The minimum Gasteiger partial charge on any atom is -0.495 e. The third-order valence-corrected chi connectivity index (χ3v) is 3.85. The first-order chi connectivity index (χ1) is 11.8. The lowest BCUT2D eigenvalue weighted by Crippen LogP contribution is -2.32. The van der Waals surface area contributed by atoms with Crippen LogP contribution in [-0.4, -0.2) is 24.0 Å². The molecule has 0 bridgehead atoms. The second-order valence-corrected chi connectivity index (χ2v) is 5.89. The first kappa shape index (κ1) is 18.5. The summed E-state index contributed by atoms with van der Waals surface area (Å²) >= 11 is 6.15. The zero-order valence-corrected chi connectivity index (χ0v) is 14.8. The average Bonchev–Trinajstić information content (AvgIpc) is 2.57. The third-order valence-electron chi connectivity index (χ3n) is 3.54. The largest absolute Gasteiger partial charge is 0.495 e. The maximum atomic E-state index is 12.4. The zero-order chi connectivity index (χ0) is 18.6. The lowest BCUT2D eigenvalue weighted by molar-refractivity contribution is -0.384. The SMILES string of the molecule is COc1ccc([N+](=O)[O-])cc1NC(=O)C(C)Nc1ccc(C)cc1Cl. The van der Waals surface area contributed by atoms with Crippen molar-refractivity contribution in [3.05, 3.63) is 57.1 Å². The molecule has 2 aromatic rings. The van der Waals surface area contributed by atoms with Gasteiger partial charge < -0.3 is 15.4 Å². The Kier molecular flexibility index (Phi) is 5.82. The quantitative estimate of drug-likeness (QED) is 0.597. The molecule has 0 saturated carbocycles. The topological polar surface area (TPSA) is 93.5 Å². The lowest BCUT2D eigenvalue weighted by Gasteiger charge is -2.17. The maximum Gasteiger partial charge on any atom is 0.271 e. The summed E-state index contributed by atoms with van der Waals surface area (Å²) in [5.41, 5.74) is 1.72. The van der Waals surface area contributed by atoms with E-state index in [-0.39, 0.29) is 17.3 Å². The molecule has 2 aromatic carbocycles. The monoisotopic (exact) mass is 363 g/mol. The number of carbonyl (C=O) groups is 1. The van der Waals surface area contributed by atoms with E-state index in [1.807, 2.05) is 13.0 Å². The highest BCUT2D eigenvalue weighted by atomic mass is 35.5. The Morgan fingerprint density at radius 1 is 1.24 bits per heavy atom. The van der Waals surface area contributed by atoms with E-state index in [2.05, 4.69) is 10.6 Å². The van der Waals surface area contributed by atoms with Gasteiger partial charge in [-0.25, -0.2) is 0 Å². The first-order valence-electron chi connectivity index (χ1n) is 7.48. The Labute approximate surface area is 150 Å². The molecule has 0 aliphatic heterocycles. The van der Waals surface area contributed by atoms with E-state index in [0.717, 1.165) is 5.56 Å². The molecule has 0 saturated heterocycles. The molecule has 2 N–H and O–H groups in total. The van der Waals surface area contributed by atoms with Crippen molar-refractivity contribution >= 4 is 34.6 Å². The van der Waals surface area contributed by atoms with Crippen LogP contribution in [0.5, 0.6) is 5.75 Å². The molecule has 0 radical (unpaired) electrons. The van der Waals surface area contributed by atoms with Crippen LogP contribution < -0.4 is 15.4 Å². The van der Waals surface area contributed by atoms with Crippen LogP contribution in [0.15, 0.2) is 36.4 Å². The molecule has 132 valence electrons. The molecule has 0 aromatic heterocycles. The van der Waals surface area contributed by atoms with E-state index in [1.54, 1.807) is 19.1 Å². The van der Waals surface area contributed by atoms with Crippen LogP contribution in [-0.2, 0) is 4.79 Å². The molecule has 1 atom stereocenters. The number of nitrogens with zero attached hydrogens (tertiary/aromatic N) is 1. The summed E-state index contributed by atoms with van der Waals surface area (Å²) < 4.78 is 5.13. The molecule has 0 heterocycles. The van der Waals surface area contributed by atoms with Gasteiger partial charge in [-0.2, -0.15) is 0 Å². The van der Waals surface area contributed by atoms with Crippen LogP contribution in [0.1, 0.15) is 12.5 Å². The van der Waals surface area contributed by atoms with Gasteiger partial charge >= 0.3 is 0 Å². The molecule has 1 amide bonds. The molecular formula is C17H18ClN3O4.